The van der Waals surface area contributed by atoms with Gasteiger partial charge >= 0.3 is 5.97 Å². The molecule has 24 heavy (non-hydrogen) atoms. The maximum atomic E-state index is 12.2. The summed E-state index contributed by atoms with van der Waals surface area (Å²) in [5.74, 6) is -0.724. The number of hydrogen-bond donors (Lipinski definition) is 0. The van der Waals surface area contributed by atoms with E-state index in [-0.39, 0.29) is 23.3 Å². The van der Waals surface area contributed by atoms with E-state index in [4.69, 9.17) is 4.74 Å². The number of carbonyl (C=O) groups excluding carboxylic acids is 2. The number of benzene rings is 1. The summed E-state index contributed by atoms with van der Waals surface area (Å²) >= 11 is 0. The number of esters is 1. The van der Waals surface area contributed by atoms with Crippen LogP contribution in [-0.2, 0) is 20.9 Å². The van der Waals surface area contributed by atoms with Gasteiger partial charge in [0.05, 0.1) is 7.11 Å². The molecule has 0 saturated carbocycles. The Morgan fingerprint density at radius 3 is 2.71 bits per heavy atom. The molecule has 0 N–H and O–H groups in total. The van der Waals surface area contributed by atoms with Gasteiger partial charge in [-0.25, -0.2) is 4.79 Å². The molecule has 0 amide bonds. The van der Waals surface area contributed by atoms with Gasteiger partial charge in [0.15, 0.2) is 0 Å². The first-order chi connectivity index (χ1) is 11.5. The number of aldehydes is 1. The zero-order valence-electron chi connectivity index (χ0n) is 14.6. The number of methoxy groups -OCH3 is 1. The first-order valence-corrected chi connectivity index (χ1v) is 8.54. The molecule has 128 valence electrons. The topological polar surface area (TPSA) is 46.6 Å². The number of likely N-dealkylation sites (tertiary alicyclic amines) is 1. The summed E-state index contributed by atoms with van der Waals surface area (Å²) in [5.41, 5.74) is 2.81. The number of rotatable bonds is 4. The highest BCUT2D eigenvalue weighted by molar-refractivity contribution is 5.94. The number of nitrogens with zero attached hydrogens (tertiary/aromatic N) is 1. The molecule has 1 aliphatic carbocycles. The number of carbonyl (C=O) groups is 2. The van der Waals surface area contributed by atoms with Crippen LogP contribution in [0, 0.1) is 11.3 Å². The van der Waals surface area contributed by atoms with Gasteiger partial charge in [-0.05, 0) is 31.9 Å². The highest BCUT2D eigenvalue weighted by Crippen LogP contribution is 2.51. The summed E-state index contributed by atoms with van der Waals surface area (Å²) in [4.78, 5) is 26.3. The summed E-state index contributed by atoms with van der Waals surface area (Å²) in [6.45, 7) is 6.09. The van der Waals surface area contributed by atoms with Gasteiger partial charge in [0.2, 0.25) is 0 Å². The van der Waals surface area contributed by atoms with Crippen LogP contribution in [0.3, 0.4) is 0 Å². The standard InChI is InChI=1S/C20H25NO3/c1-14-18(19(23)24-3)16(13-22)11-17-20(14,2)9-10-21(17)12-15-7-5-4-6-8-15/h4-8,13,16-17H,9-12H2,1-3H3/t16-,17-,20+/m0/s1. The minimum atomic E-state index is -0.369. The second kappa shape index (κ2) is 6.52. The molecule has 4 nitrogen and oxygen atoms in total. The van der Waals surface area contributed by atoms with Crippen molar-refractivity contribution >= 4 is 12.3 Å². The highest BCUT2D eigenvalue weighted by Gasteiger charge is 2.51. The fourth-order valence-electron chi connectivity index (χ4n) is 4.44. The minimum absolute atomic E-state index is 0.0716. The fraction of sp³-hybridized carbons (Fsp3) is 0.500. The van der Waals surface area contributed by atoms with Crippen LogP contribution < -0.4 is 0 Å². The van der Waals surface area contributed by atoms with Gasteiger partial charge in [-0.15, -0.1) is 0 Å². The van der Waals surface area contributed by atoms with Crippen molar-refractivity contribution in [3.63, 3.8) is 0 Å². The van der Waals surface area contributed by atoms with Crippen molar-refractivity contribution in [1.82, 2.24) is 4.90 Å². The zero-order valence-corrected chi connectivity index (χ0v) is 14.6. The van der Waals surface area contributed by atoms with Crippen molar-refractivity contribution in [2.45, 2.75) is 39.3 Å². The Morgan fingerprint density at radius 1 is 1.38 bits per heavy atom. The lowest BCUT2D eigenvalue weighted by molar-refractivity contribution is -0.138. The maximum absolute atomic E-state index is 12.2. The van der Waals surface area contributed by atoms with E-state index < -0.39 is 0 Å². The summed E-state index contributed by atoms with van der Waals surface area (Å²) in [6, 6.07) is 10.7. The molecule has 0 radical (unpaired) electrons. The Hall–Kier alpha value is -1.94. The van der Waals surface area contributed by atoms with Gasteiger partial charge in [0.25, 0.3) is 0 Å². The van der Waals surface area contributed by atoms with Crippen LogP contribution in [0.4, 0.5) is 0 Å². The van der Waals surface area contributed by atoms with Crippen LogP contribution >= 0.6 is 0 Å². The summed E-state index contributed by atoms with van der Waals surface area (Å²) in [5, 5.41) is 0. The molecule has 1 saturated heterocycles. The second-order valence-corrected chi connectivity index (χ2v) is 7.15. The molecule has 1 aromatic rings. The number of fused-ring (bicyclic) bond motifs is 1. The average molecular weight is 327 g/mol. The predicted octanol–water partition coefficient (Wildman–Crippen LogP) is 2.98. The van der Waals surface area contributed by atoms with E-state index in [9.17, 15) is 9.59 Å². The van der Waals surface area contributed by atoms with E-state index in [2.05, 4.69) is 36.1 Å². The van der Waals surface area contributed by atoms with E-state index in [0.29, 0.717) is 12.0 Å². The van der Waals surface area contributed by atoms with Crippen LogP contribution in [0.2, 0.25) is 0 Å². The molecule has 1 fully saturated rings. The van der Waals surface area contributed by atoms with Crippen molar-refractivity contribution in [2.24, 2.45) is 11.3 Å². The Labute approximate surface area is 143 Å². The molecule has 3 atom stereocenters. The number of hydrogen-bond acceptors (Lipinski definition) is 4. The van der Waals surface area contributed by atoms with Crippen molar-refractivity contribution in [3.8, 4) is 0 Å². The molecule has 3 rings (SSSR count). The molecular formula is C20H25NO3. The first kappa shape index (κ1) is 16.9. The lowest BCUT2D eigenvalue weighted by Crippen LogP contribution is -2.45. The second-order valence-electron chi connectivity index (χ2n) is 7.15. The van der Waals surface area contributed by atoms with Gasteiger partial charge in [-0.3, -0.25) is 4.90 Å². The van der Waals surface area contributed by atoms with Crippen LogP contribution in [0.25, 0.3) is 0 Å². The molecule has 2 aliphatic rings. The summed E-state index contributed by atoms with van der Waals surface area (Å²) in [7, 11) is 1.38. The lowest BCUT2D eigenvalue weighted by Gasteiger charge is -2.43. The molecule has 0 spiro atoms. The number of ether oxygens (including phenoxy) is 1. The fourth-order valence-corrected chi connectivity index (χ4v) is 4.44. The van der Waals surface area contributed by atoms with Crippen molar-refractivity contribution in [1.29, 1.82) is 0 Å². The van der Waals surface area contributed by atoms with E-state index in [0.717, 1.165) is 31.4 Å². The third-order valence-electron chi connectivity index (χ3n) is 6.00. The van der Waals surface area contributed by atoms with E-state index in [1.54, 1.807) is 0 Å². The Balaban J connectivity index is 1.93. The maximum Gasteiger partial charge on any atom is 0.334 e. The predicted molar refractivity (Wildman–Crippen MR) is 92.3 cm³/mol. The van der Waals surface area contributed by atoms with Crippen LogP contribution in [0.1, 0.15) is 32.3 Å². The van der Waals surface area contributed by atoms with Gasteiger partial charge in [-0.2, -0.15) is 0 Å². The van der Waals surface area contributed by atoms with Crippen LogP contribution in [0.15, 0.2) is 41.5 Å². The first-order valence-electron chi connectivity index (χ1n) is 8.54. The van der Waals surface area contributed by atoms with Crippen molar-refractivity contribution < 1.29 is 14.3 Å². The molecule has 0 unspecified atom stereocenters. The van der Waals surface area contributed by atoms with Gasteiger partial charge in [0, 0.05) is 29.5 Å². The van der Waals surface area contributed by atoms with E-state index in [1.165, 1.54) is 12.7 Å². The Morgan fingerprint density at radius 2 is 2.08 bits per heavy atom. The molecule has 0 aromatic heterocycles. The quantitative estimate of drug-likeness (QED) is 0.630. The van der Waals surface area contributed by atoms with E-state index in [1.807, 2.05) is 13.0 Å². The SMILES string of the molecule is COC(=O)C1=C(C)[C@@]2(C)CCN(Cc3ccccc3)[C@H]2C[C@H]1C=O. The van der Waals surface area contributed by atoms with E-state index >= 15 is 0 Å². The molecule has 4 heteroatoms. The minimum Gasteiger partial charge on any atom is -0.466 e. The molecule has 1 aromatic carbocycles. The third kappa shape index (κ3) is 2.69. The molecule has 1 aliphatic heterocycles. The summed E-state index contributed by atoms with van der Waals surface area (Å²) in [6.07, 6.45) is 2.60. The largest absolute Gasteiger partial charge is 0.466 e. The van der Waals surface area contributed by atoms with Crippen LogP contribution in [-0.4, -0.2) is 36.9 Å². The zero-order chi connectivity index (χ0) is 17.3. The molecule has 0 bridgehead atoms. The third-order valence-corrected chi connectivity index (χ3v) is 6.00. The lowest BCUT2D eigenvalue weighted by atomic mass is 9.65. The van der Waals surface area contributed by atoms with Gasteiger partial charge in [0.1, 0.15) is 6.29 Å². The monoisotopic (exact) mass is 327 g/mol. The van der Waals surface area contributed by atoms with Crippen molar-refractivity contribution in [3.05, 3.63) is 47.0 Å². The normalized spacial score (nSPS) is 30.1. The summed E-state index contributed by atoms with van der Waals surface area (Å²) < 4.78 is 4.94. The highest BCUT2D eigenvalue weighted by atomic mass is 16.5. The average Bonchev–Trinajstić information content (AvgIpc) is 2.92. The molecular weight excluding hydrogens is 302 g/mol. The van der Waals surface area contributed by atoms with Gasteiger partial charge < -0.3 is 9.53 Å². The Kier molecular flexibility index (Phi) is 4.59. The van der Waals surface area contributed by atoms with Crippen LogP contribution in [0.5, 0.6) is 0 Å². The molecule has 1 heterocycles. The van der Waals surface area contributed by atoms with Gasteiger partial charge in [-0.1, -0.05) is 42.8 Å². The Bertz CT molecular complexity index is 667. The smallest absolute Gasteiger partial charge is 0.334 e. The van der Waals surface area contributed by atoms with Crippen molar-refractivity contribution in [2.75, 3.05) is 13.7 Å².